The SMILES string of the molecule is COC(=O)Cc1ccc2c(c1)NC(=O)[C@H](C)CCC[C@H](N1CCC(c3c(F)ccc(Cl)c3F)=CC1=O)c1cc(F)cc-2c1. The third-order valence-electron chi connectivity index (χ3n) is 8.04. The molecule has 0 unspecified atom stereocenters. The first-order valence-electron chi connectivity index (χ1n) is 14.0. The summed E-state index contributed by atoms with van der Waals surface area (Å²) in [7, 11) is 1.29. The highest BCUT2D eigenvalue weighted by molar-refractivity contribution is 6.31. The minimum atomic E-state index is -0.921. The summed E-state index contributed by atoms with van der Waals surface area (Å²) >= 11 is 5.88. The van der Waals surface area contributed by atoms with E-state index in [-0.39, 0.29) is 47.4 Å². The molecule has 0 aliphatic carbocycles. The van der Waals surface area contributed by atoms with Gasteiger partial charge in [-0.1, -0.05) is 37.1 Å². The standard InChI is InChI=1S/C33H30ClF3N2O4/c1-18-4-3-5-28(39-11-10-20(17-29(39)40)31-26(36)9-8-25(34)32(31)37)22-14-21(15-23(35)16-22)24-7-6-19(13-30(41)43-2)12-27(24)38-33(18)42/h6-9,12,14-18,28H,3-5,10-11,13H2,1-2H3,(H,38,42)/t18-,28+/m1/s1. The van der Waals surface area contributed by atoms with Crippen LogP contribution in [0.15, 0.2) is 54.6 Å². The monoisotopic (exact) mass is 610 g/mol. The Hall–Kier alpha value is -4.11. The molecule has 0 fully saturated rings. The topological polar surface area (TPSA) is 75.7 Å². The Morgan fingerprint density at radius 3 is 2.60 bits per heavy atom. The zero-order valence-electron chi connectivity index (χ0n) is 23.7. The van der Waals surface area contributed by atoms with Gasteiger partial charge in [-0.3, -0.25) is 14.4 Å². The molecule has 2 aliphatic rings. The van der Waals surface area contributed by atoms with Gasteiger partial charge in [-0.15, -0.1) is 0 Å². The van der Waals surface area contributed by atoms with Crippen LogP contribution in [0.2, 0.25) is 5.02 Å². The highest BCUT2D eigenvalue weighted by Gasteiger charge is 2.31. The average Bonchev–Trinajstić information content (AvgIpc) is 2.97. The molecule has 0 saturated heterocycles. The van der Waals surface area contributed by atoms with Gasteiger partial charge in [-0.2, -0.15) is 0 Å². The predicted molar refractivity (Wildman–Crippen MR) is 158 cm³/mol. The molecule has 2 aliphatic heterocycles. The molecule has 224 valence electrons. The number of nitrogens with zero attached hydrogens (tertiary/aromatic N) is 1. The Morgan fingerprint density at radius 1 is 1.07 bits per heavy atom. The van der Waals surface area contributed by atoms with E-state index < -0.39 is 35.4 Å². The summed E-state index contributed by atoms with van der Waals surface area (Å²) in [5.74, 6) is -3.74. The van der Waals surface area contributed by atoms with Crippen LogP contribution in [0.5, 0.6) is 0 Å². The fourth-order valence-electron chi connectivity index (χ4n) is 5.75. The van der Waals surface area contributed by atoms with Crippen molar-refractivity contribution in [3.05, 3.63) is 93.8 Å². The smallest absolute Gasteiger partial charge is 0.309 e. The lowest BCUT2D eigenvalue weighted by Gasteiger charge is -2.35. The maximum Gasteiger partial charge on any atom is 0.309 e. The van der Waals surface area contributed by atoms with E-state index in [1.165, 1.54) is 25.3 Å². The number of amides is 2. The fraction of sp³-hybridized carbons (Fsp3) is 0.303. The molecule has 0 aromatic heterocycles. The van der Waals surface area contributed by atoms with Gasteiger partial charge in [0.15, 0.2) is 5.82 Å². The molecule has 43 heavy (non-hydrogen) atoms. The molecule has 3 aromatic rings. The lowest BCUT2D eigenvalue weighted by Crippen LogP contribution is -2.37. The summed E-state index contributed by atoms with van der Waals surface area (Å²) in [6.45, 7) is 1.96. The van der Waals surface area contributed by atoms with E-state index in [0.29, 0.717) is 47.2 Å². The molecule has 2 atom stereocenters. The summed E-state index contributed by atoms with van der Waals surface area (Å²) in [4.78, 5) is 40.1. The summed E-state index contributed by atoms with van der Waals surface area (Å²) in [6, 6.07) is 11.3. The van der Waals surface area contributed by atoms with Gasteiger partial charge in [0.05, 0.1) is 30.2 Å². The van der Waals surface area contributed by atoms with Crippen LogP contribution in [0, 0.1) is 23.4 Å². The van der Waals surface area contributed by atoms with Gasteiger partial charge < -0.3 is 15.0 Å². The third-order valence-corrected chi connectivity index (χ3v) is 8.33. The van der Waals surface area contributed by atoms with E-state index in [9.17, 15) is 23.2 Å². The van der Waals surface area contributed by atoms with Gasteiger partial charge >= 0.3 is 5.97 Å². The van der Waals surface area contributed by atoms with Crippen LogP contribution in [0.1, 0.15) is 55.3 Å². The van der Waals surface area contributed by atoms with Crippen LogP contribution in [0.4, 0.5) is 18.9 Å². The number of ether oxygens (including phenoxy) is 1. The number of esters is 1. The minimum absolute atomic E-state index is 0.00123. The van der Waals surface area contributed by atoms with Crippen molar-refractivity contribution in [3.8, 4) is 11.1 Å². The number of methoxy groups -OCH3 is 1. The van der Waals surface area contributed by atoms with Crippen LogP contribution in [0.3, 0.4) is 0 Å². The number of nitrogens with one attached hydrogen (secondary N) is 1. The van der Waals surface area contributed by atoms with Crippen LogP contribution in [-0.2, 0) is 25.5 Å². The quantitative estimate of drug-likeness (QED) is 0.249. The van der Waals surface area contributed by atoms with E-state index >= 15 is 4.39 Å². The van der Waals surface area contributed by atoms with Crippen molar-refractivity contribution in [2.45, 2.75) is 45.1 Å². The Balaban J connectivity index is 1.56. The van der Waals surface area contributed by atoms with E-state index in [1.807, 2.05) is 6.92 Å². The van der Waals surface area contributed by atoms with E-state index in [0.717, 1.165) is 12.1 Å². The molecule has 2 bridgehead atoms. The van der Waals surface area contributed by atoms with Crippen LogP contribution >= 0.6 is 11.6 Å². The Morgan fingerprint density at radius 2 is 1.86 bits per heavy atom. The fourth-order valence-corrected chi connectivity index (χ4v) is 5.90. The Bertz CT molecular complexity index is 1640. The van der Waals surface area contributed by atoms with Crippen molar-refractivity contribution in [2.75, 3.05) is 19.0 Å². The Labute approximate surface area is 252 Å². The van der Waals surface area contributed by atoms with Crippen molar-refractivity contribution in [1.82, 2.24) is 4.90 Å². The van der Waals surface area contributed by atoms with Gasteiger partial charge in [-0.25, -0.2) is 13.2 Å². The molecule has 0 spiro atoms. The minimum Gasteiger partial charge on any atom is -0.469 e. The number of carbonyl (C=O) groups excluding carboxylic acids is 3. The highest BCUT2D eigenvalue weighted by atomic mass is 35.5. The van der Waals surface area contributed by atoms with Gasteiger partial charge in [0.25, 0.3) is 0 Å². The molecule has 6 nitrogen and oxygen atoms in total. The first-order chi connectivity index (χ1) is 20.5. The van der Waals surface area contributed by atoms with Crippen molar-refractivity contribution in [1.29, 1.82) is 0 Å². The second-order valence-electron chi connectivity index (χ2n) is 10.9. The zero-order valence-corrected chi connectivity index (χ0v) is 24.4. The molecular weight excluding hydrogens is 581 g/mol. The third kappa shape index (κ3) is 6.46. The van der Waals surface area contributed by atoms with Gasteiger partial charge in [0, 0.05) is 29.8 Å². The van der Waals surface area contributed by atoms with Gasteiger partial charge in [-0.05, 0) is 77.9 Å². The summed E-state index contributed by atoms with van der Waals surface area (Å²) in [5.41, 5.74) is 2.52. The second kappa shape index (κ2) is 12.6. The normalized spacial score (nSPS) is 19.0. The number of carbonyl (C=O) groups is 3. The molecule has 0 saturated carbocycles. The summed E-state index contributed by atoms with van der Waals surface area (Å²) < 4.78 is 49.3. The van der Waals surface area contributed by atoms with Crippen molar-refractivity contribution < 1.29 is 32.3 Å². The molecule has 5 rings (SSSR count). The number of hydrogen-bond donors (Lipinski definition) is 1. The number of halogens is 4. The van der Waals surface area contributed by atoms with E-state index in [4.69, 9.17) is 16.3 Å². The summed E-state index contributed by atoms with van der Waals surface area (Å²) in [6.07, 6.45) is 2.89. The first-order valence-corrected chi connectivity index (χ1v) is 14.4. The van der Waals surface area contributed by atoms with Crippen molar-refractivity contribution >= 4 is 40.6 Å². The number of benzene rings is 3. The van der Waals surface area contributed by atoms with Crippen LogP contribution in [-0.4, -0.2) is 36.3 Å². The molecule has 0 radical (unpaired) electrons. The summed E-state index contributed by atoms with van der Waals surface area (Å²) in [5, 5.41) is 2.71. The van der Waals surface area contributed by atoms with Crippen LogP contribution < -0.4 is 5.32 Å². The zero-order chi connectivity index (χ0) is 30.8. The largest absolute Gasteiger partial charge is 0.469 e. The lowest BCUT2D eigenvalue weighted by molar-refractivity contribution is -0.139. The lowest BCUT2D eigenvalue weighted by atomic mass is 9.90. The van der Waals surface area contributed by atoms with Gasteiger partial charge in [0.1, 0.15) is 11.6 Å². The van der Waals surface area contributed by atoms with Gasteiger partial charge in [0.2, 0.25) is 11.8 Å². The highest BCUT2D eigenvalue weighted by Crippen LogP contribution is 2.39. The molecule has 1 N–H and O–H groups in total. The molecule has 3 aromatic carbocycles. The number of fused-ring (bicyclic) bond motifs is 4. The molecule has 10 heteroatoms. The maximum absolute atomic E-state index is 15.2. The van der Waals surface area contributed by atoms with Crippen molar-refractivity contribution in [3.63, 3.8) is 0 Å². The number of hydrogen-bond acceptors (Lipinski definition) is 4. The van der Waals surface area contributed by atoms with E-state index in [1.54, 1.807) is 29.2 Å². The van der Waals surface area contributed by atoms with Crippen molar-refractivity contribution in [2.24, 2.45) is 5.92 Å². The molecule has 2 amide bonds. The molecular formula is C33H30ClF3N2O4. The Kier molecular flexibility index (Phi) is 8.92. The van der Waals surface area contributed by atoms with Crippen LogP contribution in [0.25, 0.3) is 16.7 Å². The molecule has 2 heterocycles. The second-order valence-corrected chi connectivity index (χ2v) is 11.3. The number of rotatable bonds is 4. The maximum atomic E-state index is 15.2. The number of anilines is 1. The predicted octanol–water partition coefficient (Wildman–Crippen LogP) is 7.26. The average molecular weight is 611 g/mol. The van der Waals surface area contributed by atoms with E-state index in [2.05, 4.69) is 5.32 Å². The first kappa shape index (κ1) is 30.4.